The summed E-state index contributed by atoms with van der Waals surface area (Å²) in [5.41, 5.74) is 7.26. The Labute approximate surface area is 95.1 Å². The molecule has 1 aromatic carbocycles. The first kappa shape index (κ1) is 10.8. The lowest BCUT2D eigenvalue weighted by Gasteiger charge is -2.11. The van der Waals surface area contributed by atoms with Crippen molar-refractivity contribution in [3.63, 3.8) is 0 Å². The lowest BCUT2D eigenvalue weighted by atomic mass is 10.0. The zero-order valence-electron chi connectivity index (χ0n) is 9.37. The van der Waals surface area contributed by atoms with Crippen molar-refractivity contribution in [2.45, 2.75) is 25.9 Å². The van der Waals surface area contributed by atoms with E-state index in [9.17, 15) is 0 Å². The first-order valence-electron chi connectivity index (χ1n) is 5.48. The van der Waals surface area contributed by atoms with Gasteiger partial charge in [-0.3, -0.25) is 0 Å². The molecule has 0 saturated heterocycles. The molecule has 1 aromatic heterocycles. The Morgan fingerprint density at radius 2 is 2.06 bits per heavy atom. The van der Waals surface area contributed by atoms with Gasteiger partial charge in [0.05, 0.1) is 0 Å². The molecule has 4 heteroatoms. The first-order valence-corrected chi connectivity index (χ1v) is 5.48. The van der Waals surface area contributed by atoms with Gasteiger partial charge in [-0.2, -0.15) is 0 Å². The molecule has 0 aliphatic carbocycles. The number of hydrogen-bond donors (Lipinski definition) is 1. The number of nitrogens with two attached hydrogens (primary N) is 1. The third-order valence-corrected chi connectivity index (χ3v) is 2.67. The van der Waals surface area contributed by atoms with E-state index in [0.717, 1.165) is 24.4 Å². The molecule has 2 N–H and O–H groups in total. The van der Waals surface area contributed by atoms with Crippen LogP contribution >= 0.6 is 0 Å². The second kappa shape index (κ2) is 4.90. The summed E-state index contributed by atoms with van der Waals surface area (Å²) in [6.45, 7) is 2.95. The minimum atomic E-state index is -0.0179. The number of benzene rings is 1. The molecule has 16 heavy (non-hydrogen) atoms. The van der Waals surface area contributed by atoms with Crippen molar-refractivity contribution in [3.05, 3.63) is 48.0 Å². The lowest BCUT2D eigenvalue weighted by molar-refractivity contribution is 0.628. The smallest absolute Gasteiger partial charge is 0.134 e. The fourth-order valence-corrected chi connectivity index (χ4v) is 1.72. The largest absolute Gasteiger partial charge is 0.324 e. The molecule has 2 aromatic rings. The van der Waals surface area contributed by atoms with Gasteiger partial charge < -0.3 is 10.3 Å². The van der Waals surface area contributed by atoms with E-state index in [2.05, 4.69) is 17.1 Å². The van der Waals surface area contributed by atoms with E-state index in [1.807, 2.05) is 34.9 Å². The van der Waals surface area contributed by atoms with E-state index >= 15 is 0 Å². The molecule has 0 aliphatic rings. The summed E-state index contributed by atoms with van der Waals surface area (Å²) in [6.07, 6.45) is 2.46. The van der Waals surface area contributed by atoms with Crippen molar-refractivity contribution in [2.75, 3.05) is 0 Å². The predicted octanol–water partition coefficient (Wildman–Crippen LogP) is 1.54. The normalized spacial score (nSPS) is 12.6. The Balaban J connectivity index is 2.11. The minimum Gasteiger partial charge on any atom is -0.324 e. The van der Waals surface area contributed by atoms with Gasteiger partial charge in [0.2, 0.25) is 0 Å². The highest BCUT2D eigenvalue weighted by atomic mass is 15.3. The fraction of sp³-hybridized carbons (Fsp3) is 0.333. The van der Waals surface area contributed by atoms with E-state index in [-0.39, 0.29) is 6.04 Å². The Kier molecular flexibility index (Phi) is 3.31. The maximum Gasteiger partial charge on any atom is 0.134 e. The topological polar surface area (TPSA) is 56.7 Å². The molecule has 0 radical (unpaired) electrons. The van der Waals surface area contributed by atoms with Crippen molar-refractivity contribution in [1.29, 1.82) is 0 Å². The van der Waals surface area contributed by atoms with Gasteiger partial charge >= 0.3 is 0 Å². The third-order valence-electron chi connectivity index (χ3n) is 2.67. The second-order valence-electron chi connectivity index (χ2n) is 3.75. The summed E-state index contributed by atoms with van der Waals surface area (Å²) in [6, 6.07) is 10.1. The molecule has 1 unspecified atom stereocenters. The monoisotopic (exact) mass is 216 g/mol. The van der Waals surface area contributed by atoms with E-state index in [1.54, 1.807) is 6.33 Å². The molecule has 4 nitrogen and oxygen atoms in total. The summed E-state index contributed by atoms with van der Waals surface area (Å²) in [5, 5.41) is 7.98. The molecular weight excluding hydrogens is 200 g/mol. The van der Waals surface area contributed by atoms with Gasteiger partial charge in [-0.05, 0) is 12.5 Å². The average molecular weight is 216 g/mol. The average Bonchev–Trinajstić information content (AvgIpc) is 2.77. The quantitative estimate of drug-likeness (QED) is 0.843. The van der Waals surface area contributed by atoms with Gasteiger partial charge in [0.15, 0.2) is 0 Å². The molecule has 0 bridgehead atoms. The minimum absolute atomic E-state index is 0.0179. The first-order chi connectivity index (χ1) is 7.81. The summed E-state index contributed by atoms with van der Waals surface area (Å²) in [7, 11) is 0. The van der Waals surface area contributed by atoms with Crippen molar-refractivity contribution >= 4 is 0 Å². The van der Waals surface area contributed by atoms with Crippen LogP contribution in [0.2, 0.25) is 0 Å². The second-order valence-corrected chi connectivity index (χ2v) is 3.75. The lowest BCUT2D eigenvalue weighted by Crippen LogP contribution is -2.16. The van der Waals surface area contributed by atoms with Crippen LogP contribution in [0.15, 0.2) is 36.7 Å². The van der Waals surface area contributed by atoms with E-state index in [4.69, 9.17) is 5.73 Å². The van der Waals surface area contributed by atoms with Crippen molar-refractivity contribution in [2.24, 2.45) is 5.73 Å². The van der Waals surface area contributed by atoms with Gasteiger partial charge in [-0.15, -0.1) is 10.2 Å². The van der Waals surface area contributed by atoms with Crippen LogP contribution in [0.4, 0.5) is 0 Å². The molecule has 0 aliphatic heterocycles. The van der Waals surface area contributed by atoms with Gasteiger partial charge in [-0.1, -0.05) is 30.3 Å². The molecule has 1 atom stereocenters. The van der Waals surface area contributed by atoms with Gasteiger partial charge in [0, 0.05) is 19.0 Å². The molecule has 1 heterocycles. The van der Waals surface area contributed by atoms with Crippen LogP contribution in [-0.2, 0) is 13.0 Å². The molecule has 0 spiro atoms. The van der Waals surface area contributed by atoms with Crippen LogP contribution in [0.25, 0.3) is 0 Å². The highest BCUT2D eigenvalue weighted by molar-refractivity contribution is 5.19. The molecule has 2 rings (SSSR count). The van der Waals surface area contributed by atoms with Crippen LogP contribution < -0.4 is 5.73 Å². The highest BCUT2D eigenvalue weighted by Crippen LogP contribution is 2.14. The number of hydrogen-bond acceptors (Lipinski definition) is 3. The fourth-order valence-electron chi connectivity index (χ4n) is 1.72. The summed E-state index contributed by atoms with van der Waals surface area (Å²) in [4.78, 5) is 0. The molecule has 84 valence electrons. The Morgan fingerprint density at radius 1 is 1.31 bits per heavy atom. The maximum absolute atomic E-state index is 6.13. The number of aryl methyl sites for hydroxylation is 1. The third kappa shape index (κ3) is 2.28. The Hall–Kier alpha value is -1.68. The van der Waals surface area contributed by atoms with E-state index < -0.39 is 0 Å². The van der Waals surface area contributed by atoms with E-state index in [1.165, 1.54) is 0 Å². The van der Waals surface area contributed by atoms with Crippen LogP contribution in [-0.4, -0.2) is 14.8 Å². The summed E-state index contributed by atoms with van der Waals surface area (Å²) in [5.74, 6) is 0.943. The van der Waals surface area contributed by atoms with Crippen LogP contribution in [0.3, 0.4) is 0 Å². The maximum atomic E-state index is 6.13. The van der Waals surface area contributed by atoms with Gasteiger partial charge in [-0.25, -0.2) is 0 Å². The van der Waals surface area contributed by atoms with E-state index in [0.29, 0.717) is 0 Å². The molecular formula is C12H16N4. The summed E-state index contributed by atoms with van der Waals surface area (Å²) >= 11 is 0. The standard InChI is InChI=1S/C12H16N4/c1-2-16-9-14-15-12(16)8-11(13)10-6-4-3-5-7-10/h3-7,9,11H,2,8,13H2,1H3. The number of aromatic nitrogens is 3. The molecule has 0 amide bonds. The van der Waals surface area contributed by atoms with Crippen LogP contribution in [0, 0.1) is 0 Å². The van der Waals surface area contributed by atoms with Gasteiger partial charge in [0.25, 0.3) is 0 Å². The van der Waals surface area contributed by atoms with Crippen molar-refractivity contribution in [3.8, 4) is 0 Å². The van der Waals surface area contributed by atoms with Gasteiger partial charge in [0.1, 0.15) is 12.2 Å². The Bertz CT molecular complexity index is 435. The molecule has 0 saturated carbocycles. The van der Waals surface area contributed by atoms with Crippen molar-refractivity contribution in [1.82, 2.24) is 14.8 Å². The number of nitrogens with zero attached hydrogens (tertiary/aromatic N) is 3. The predicted molar refractivity (Wildman–Crippen MR) is 62.8 cm³/mol. The number of rotatable bonds is 4. The zero-order valence-corrected chi connectivity index (χ0v) is 9.37. The zero-order chi connectivity index (χ0) is 11.4. The highest BCUT2D eigenvalue weighted by Gasteiger charge is 2.10. The van der Waals surface area contributed by atoms with Crippen molar-refractivity contribution < 1.29 is 0 Å². The SMILES string of the molecule is CCn1cnnc1CC(N)c1ccccc1. The summed E-state index contributed by atoms with van der Waals surface area (Å²) < 4.78 is 2.02. The Morgan fingerprint density at radius 3 is 2.75 bits per heavy atom. The molecule has 0 fully saturated rings. The van der Waals surface area contributed by atoms with Crippen LogP contribution in [0.5, 0.6) is 0 Å². The van der Waals surface area contributed by atoms with Crippen LogP contribution in [0.1, 0.15) is 24.4 Å².